The third kappa shape index (κ3) is 3.96. The number of rotatable bonds is 4. The molecule has 1 fully saturated rings. The molecular formula is C18H17ClN6OS. The van der Waals surface area contributed by atoms with Crippen LogP contribution in [0.4, 0.5) is 0 Å². The topological polar surface area (TPSA) is 76.8 Å². The molecule has 9 heteroatoms. The van der Waals surface area contributed by atoms with Crippen molar-refractivity contribution in [2.24, 2.45) is 0 Å². The Morgan fingerprint density at radius 3 is 2.63 bits per heavy atom. The summed E-state index contributed by atoms with van der Waals surface area (Å²) in [6.45, 7) is 1.58. The molecule has 0 saturated carbocycles. The number of carbonyl (C=O) groups excluding carboxylic acids is 1. The largest absolute Gasteiger partial charge is 0.339 e. The van der Waals surface area contributed by atoms with Crippen molar-refractivity contribution in [3.63, 3.8) is 0 Å². The van der Waals surface area contributed by atoms with Crippen molar-refractivity contribution in [3.05, 3.63) is 53.2 Å². The van der Waals surface area contributed by atoms with Crippen molar-refractivity contribution in [3.8, 4) is 5.69 Å². The maximum atomic E-state index is 12.6. The van der Waals surface area contributed by atoms with Gasteiger partial charge in [-0.25, -0.2) is 4.98 Å². The van der Waals surface area contributed by atoms with Gasteiger partial charge in [0.2, 0.25) is 5.16 Å². The number of piperidine rings is 1. The summed E-state index contributed by atoms with van der Waals surface area (Å²) in [6.07, 6.45) is 4.84. The summed E-state index contributed by atoms with van der Waals surface area (Å²) in [5, 5.41) is 13.3. The van der Waals surface area contributed by atoms with Crippen LogP contribution in [0.2, 0.25) is 5.02 Å². The average Bonchev–Trinajstić information content (AvgIpc) is 3.18. The van der Waals surface area contributed by atoms with E-state index >= 15 is 0 Å². The zero-order valence-corrected chi connectivity index (χ0v) is 16.0. The molecule has 0 radical (unpaired) electrons. The van der Waals surface area contributed by atoms with Crippen molar-refractivity contribution in [2.45, 2.75) is 29.4 Å². The van der Waals surface area contributed by atoms with E-state index in [1.807, 2.05) is 35.2 Å². The zero-order valence-electron chi connectivity index (χ0n) is 14.5. The standard InChI is InChI=1S/C18H17ClN6OS/c19-15-11-13(17(26)24-9-5-2-6-10-24)12-20-16(15)27-18-21-22-23-25(18)14-7-3-1-4-8-14/h1,3-4,7-8,11-12H,2,5-6,9-10H2. The number of likely N-dealkylation sites (tertiary alicyclic amines) is 1. The van der Waals surface area contributed by atoms with E-state index < -0.39 is 0 Å². The molecule has 7 nitrogen and oxygen atoms in total. The Morgan fingerprint density at radius 2 is 1.89 bits per heavy atom. The molecule has 0 N–H and O–H groups in total. The predicted octanol–water partition coefficient (Wildman–Crippen LogP) is 3.49. The van der Waals surface area contributed by atoms with E-state index in [-0.39, 0.29) is 5.91 Å². The predicted molar refractivity (Wildman–Crippen MR) is 102 cm³/mol. The second-order valence-electron chi connectivity index (χ2n) is 6.17. The number of tetrazole rings is 1. The van der Waals surface area contributed by atoms with Crippen LogP contribution in [0.15, 0.2) is 52.8 Å². The number of carbonyl (C=O) groups is 1. The number of amides is 1. The van der Waals surface area contributed by atoms with Gasteiger partial charge in [0.25, 0.3) is 5.91 Å². The van der Waals surface area contributed by atoms with E-state index in [4.69, 9.17) is 11.6 Å². The molecule has 138 valence electrons. The normalized spacial score (nSPS) is 14.3. The van der Waals surface area contributed by atoms with Gasteiger partial charge in [-0.2, -0.15) is 4.68 Å². The van der Waals surface area contributed by atoms with Crippen LogP contribution in [0.25, 0.3) is 5.69 Å². The van der Waals surface area contributed by atoms with Gasteiger partial charge in [0.15, 0.2) is 0 Å². The smallest absolute Gasteiger partial charge is 0.255 e. The molecule has 0 bridgehead atoms. The Bertz CT molecular complexity index is 942. The van der Waals surface area contributed by atoms with Crippen LogP contribution in [0.1, 0.15) is 29.6 Å². The summed E-state index contributed by atoms with van der Waals surface area (Å²) < 4.78 is 1.62. The first kappa shape index (κ1) is 17.9. The first-order valence-corrected chi connectivity index (χ1v) is 9.88. The average molecular weight is 401 g/mol. The highest BCUT2D eigenvalue weighted by Crippen LogP contribution is 2.31. The molecule has 3 heterocycles. The second kappa shape index (κ2) is 8.06. The number of hydrogen-bond acceptors (Lipinski definition) is 6. The number of halogens is 1. The minimum atomic E-state index is -0.0187. The Labute approximate surface area is 165 Å². The summed E-state index contributed by atoms with van der Waals surface area (Å²) in [4.78, 5) is 18.8. The number of benzene rings is 1. The summed E-state index contributed by atoms with van der Waals surface area (Å²) in [7, 11) is 0. The lowest BCUT2D eigenvalue weighted by Crippen LogP contribution is -2.35. The molecule has 0 aliphatic carbocycles. The van der Waals surface area contributed by atoms with Crippen LogP contribution in [-0.4, -0.2) is 49.1 Å². The Kier molecular flexibility index (Phi) is 5.35. The summed E-state index contributed by atoms with van der Waals surface area (Å²) in [5.74, 6) is -0.0187. The lowest BCUT2D eigenvalue weighted by atomic mass is 10.1. The Morgan fingerprint density at radius 1 is 1.11 bits per heavy atom. The van der Waals surface area contributed by atoms with Gasteiger partial charge in [-0.15, -0.1) is 5.10 Å². The van der Waals surface area contributed by atoms with Crippen molar-refractivity contribution in [1.82, 2.24) is 30.1 Å². The summed E-state index contributed by atoms with van der Waals surface area (Å²) >= 11 is 7.65. The third-order valence-electron chi connectivity index (χ3n) is 4.33. The van der Waals surface area contributed by atoms with Crippen LogP contribution < -0.4 is 0 Å². The molecule has 0 spiro atoms. The quantitative estimate of drug-likeness (QED) is 0.667. The van der Waals surface area contributed by atoms with Gasteiger partial charge in [0.05, 0.1) is 16.3 Å². The molecule has 1 amide bonds. The van der Waals surface area contributed by atoms with E-state index in [1.165, 1.54) is 18.2 Å². The van der Waals surface area contributed by atoms with E-state index in [0.29, 0.717) is 20.8 Å². The van der Waals surface area contributed by atoms with E-state index in [2.05, 4.69) is 20.5 Å². The molecule has 27 heavy (non-hydrogen) atoms. The summed E-state index contributed by atoms with van der Waals surface area (Å²) in [6, 6.07) is 11.3. The molecule has 1 saturated heterocycles. The SMILES string of the molecule is O=C(c1cnc(Sc2nnnn2-c2ccccc2)c(Cl)c1)N1CCCCC1. The Balaban J connectivity index is 1.54. The highest BCUT2D eigenvalue weighted by atomic mass is 35.5. The van der Waals surface area contributed by atoms with Gasteiger partial charge >= 0.3 is 0 Å². The Hall–Kier alpha value is -2.45. The fourth-order valence-corrected chi connectivity index (χ4v) is 3.98. The van der Waals surface area contributed by atoms with E-state index in [0.717, 1.165) is 31.6 Å². The van der Waals surface area contributed by atoms with Gasteiger partial charge in [0, 0.05) is 19.3 Å². The molecule has 4 rings (SSSR count). The maximum absolute atomic E-state index is 12.6. The number of nitrogens with zero attached hydrogens (tertiary/aromatic N) is 6. The highest BCUT2D eigenvalue weighted by molar-refractivity contribution is 7.99. The van der Waals surface area contributed by atoms with Crippen molar-refractivity contribution >= 4 is 29.3 Å². The third-order valence-corrected chi connectivity index (χ3v) is 5.68. The van der Waals surface area contributed by atoms with Crippen LogP contribution in [-0.2, 0) is 0 Å². The molecule has 0 unspecified atom stereocenters. The minimum absolute atomic E-state index is 0.0187. The van der Waals surface area contributed by atoms with Crippen LogP contribution in [0.3, 0.4) is 0 Å². The van der Waals surface area contributed by atoms with Crippen molar-refractivity contribution in [2.75, 3.05) is 13.1 Å². The van der Waals surface area contributed by atoms with Crippen LogP contribution in [0, 0.1) is 0 Å². The molecule has 3 aromatic rings. The van der Waals surface area contributed by atoms with Crippen molar-refractivity contribution in [1.29, 1.82) is 0 Å². The van der Waals surface area contributed by atoms with Crippen LogP contribution >= 0.6 is 23.4 Å². The maximum Gasteiger partial charge on any atom is 0.255 e. The van der Waals surface area contributed by atoms with Gasteiger partial charge in [-0.3, -0.25) is 4.79 Å². The van der Waals surface area contributed by atoms with Gasteiger partial charge in [0.1, 0.15) is 5.03 Å². The summed E-state index contributed by atoms with van der Waals surface area (Å²) in [5.41, 5.74) is 1.35. The van der Waals surface area contributed by atoms with E-state index in [9.17, 15) is 4.79 Å². The molecule has 2 aromatic heterocycles. The van der Waals surface area contributed by atoms with Gasteiger partial charge in [-0.05, 0) is 59.7 Å². The number of pyridine rings is 1. The first-order chi connectivity index (χ1) is 13.2. The molecular weight excluding hydrogens is 384 g/mol. The lowest BCUT2D eigenvalue weighted by Gasteiger charge is -2.26. The number of aromatic nitrogens is 5. The van der Waals surface area contributed by atoms with Crippen LogP contribution in [0.5, 0.6) is 0 Å². The fourth-order valence-electron chi connectivity index (χ4n) is 2.96. The lowest BCUT2D eigenvalue weighted by molar-refractivity contribution is 0.0724. The number of hydrogen-bond donors (Lipinski definition) is 0. The first-order valence-electron chi connectivity index (χ1n) is 8.69. The fraction of sp³-hybridized carbons (Fsp3) is 0.278. The highest BCUT2D eigenvalue weighted by Gasteiger charge is 2.20. The van der Waals surface area contributed by atoms with Gasteiger partial charge < -0.3 is 4.90 Å². The minimum Gasteiger partial charge on any atom is -0.339 e. The molecule has 0 atom stereocenters. The van der Waals surface area contributed by atoms with E-state index in [1.54, 1.807) is 16.9 Å². The monoisotopic (exact) mass is 400 g/mol. The molecule has 1 aliphatic heterocycles. The van der Waals surface area contributed by atoms with Crippen molar-refractivity contribution < 1.29 is 4.79 Å². The molecule has 1 aromatic carbocycles. The second-order valence-corrected chi connectivity index (χ2v) is 7.54. The van der Waals surface area contributed by atoms with Gasteiger partial charge in [-0.1, -0.05) is 29.8 Å². The number of para-hydroxylation sites is 1. The zero-order chi connectivity index (χ0) is 18.6. The molecule has 1 aliphatic rings.